The molecule has 1 fully saturated rings. The van der Waals surface area contributed by atoms with Crippen molar-refractivity contribution in [2.75, 3.05) is 24.7 Å². The Morgan fingerprint density at radius 3 is 2.33 bits per heavy atom. The first-order valence-electron chi connectivity index (χ1n) is 15.0. The van der Waals surface area contributed by atoms with Gasteiger partial charge in [0.05, 0.1) is 31.4 Å². The minimum absolute atomic E-state index is 0.0902. The average Bonchev–Trinajstić information content (AvgIpc) is 3.64. The highest BCUT2D eigenvalue weighted by Crippen LogP contribution is 2.45. The number of halogens is 1. The lowest BCUT2D eigenvalue weighted by molar-refractivity contribution is -0.132. The van der Waals surface area contributed by atoms with E-state index in [2.05, 4.69) is 10.2 Å². The Labute approximate surface area is 275 Å². The van der Waals surface area contributed by atoms with Crippen LogP contribution in [0.5, 0.6) is 17.2 Å². The Morgan fingerprint density at radius 2 is 1.63 bits per heavy atom. The number of aromatic nitrogens is 2. The molecule has 1 aliphatic heterocycles. The molecule has 46 heavy (non-hydrogen) atoms. The number of aliphatic hydroxyl groups excluding tert-OH is 1. The first kappa shape index (κ1) is 33.0. The summed E-state index contributed by atoms with van der Waals surface area (Å²) >= 11 is 2.52. The number of amides is 1. The number of carbonyl (C=O) groups excluding carboxylic acids is 2. The van der Waals surface area contributed by atoms with Gasteiger partial charge >= 0.3 is 5.91 Å². The number of hydrogen-bond acceptors (Lipinski definition) is 10. The highest BCUT2D eigenvalue weighted by atomic mass is 32.2. The number of aliphatic hydroxyl groups is 1. The van der Waals surface area contributed by atoms with E-state index in [1.807, 2.05) is 20.8 Å². The molecule has 0 radical (unpaired) electrons. The van der Waals surface area contributed by atoms with Crippen LogP contribution in [0.2, 0.25) is 0 Å². The van der Waals surface area contributed by atoms with E-state index in [0.29, 0.717) is 58.3 Å². The van der Waals surface area contributed by atoms with Gasteiger partial charge in [-0.15, -0.1) is 10.2 Å². The van der Waals surface area contributed by atoms with E-state index in [1.165, 1.54) is 28.8 Å². The lowest BCUT2D eigenvalue weighted by Gasteiger charge is -2.23. The summed E-state index contributed by atoms with van der Waals surface area (Å²) in [5, 5.41) is 20.3. The number of rotatable bonds is 14. The predicted octanol–water partition coefficient (Wildman–Crippen LogP) is 7.57. The van der Waals surface area contributed by atoms with E-state index in [1.54, 1.807) is 54.6 Å². The smallest absolute Gasteiger partial charge is 0.301 e. The fourth-order valence-electron chi connectivity index (χ4n) is 4.81. The van der Waals surface area contributed by atoms with Gasteiger partial charge in [-0.3, -0.25) is 14.5 Å². The lowest BCUT2D eigenvalue weighted by Crippen LogP contribution is -2.29. The number of ether oxygens (including phenoxy) is 3. The van der Waals surface area contributed by atoms with Gasteiger partial charge in [-0.1, -0.05) is 55.1 Å². The average molecular weight is 664 g/mol. The van der Waals surface area contributed by atoms with Crippen molar-refractivity contribution in [2.45, 2.75) is 49.7 Å². The molecule has 12 heteroatoms. The van der Waals surface area contributed by atoms with Gasteiger partial charge in [-0.05, 0) is 79.4 Å². The maximum absolute atomic E-state index is 13.7. The maximum atomic E-state index is 13.7. The molecule has 1 saturated heterocycles. The molecule has 1 amide bonds. The van der Waals surface area contributed by atoms with E-state index in [0.717, 1.165) is 29.7 Å². The van der Waals surface area contributed by atoms with Gasteiger partial charge in [0, 0.05) is 11.3 Å². The summed E-state index contributed by atoms with van der Waals surface area (Å²) in [5.74, 6) is -0.232. The zero-order valence-corrected chi connectivity index (χ0v) is 27.3. The molecule has 0 bridgehead atoms. The van der Waals surface area contributed by atoms with Crippen LogP contribution in [-0.4, -0.2) is 46.8 Å². The normalized spacial score (nSPS) is 15.7. The highest BCUT2D eigenvalue weighted by Gasteiger charge is 2.48. The predicted molar refractivity (Wildman–Crippen MR) is 176 cm³/mol. The molecule has 3 aromatic carbocycles. The number of benzene rings is 3. The van der Waals surface area contributed by atoms with Crippen molar-refractivity contribution in [2.24, 2.45) is 0 Å². The molecule has 1 atom stereocenters. The van der Waals surface area contributed by atoms with Crippen LogP contribution >= 0.6 is 23.1 Å². The van der Waals surface area contributed by atoms with Crippen molar-refractivity contribution in [1.29, 1.82) is 0 Å². The van der Waals surface area contributed by atoms with Crippen LogP contribution in [0.4, 0.5) is 9.52 Å². The number of nitrogens with zero attached hydrogens (tertiary/aromatic N) is 3. The highest BCUT2D eigenvalue weighted by molar-refractivity contribution is 8.00. The Morgan fingerprint density at radius 1 is 0.913 bits per heavy atom. The lowest BCUT2D eigenvalue weighted by atomic mass is 9.95. The van der Waals surface area contributed by atoms with Crippen LogP contribution in [0.1, 0.15) is 56.3 Å². The van der Waals surface area contributed by atoms with Gasteiger partial charge in [0.15, 0.2) is 15.8 Å². The summed E-state index contributed by atoms with van der Waals surface area (Å²) in [6.07, 6.45) is 1.64. The number of carbonyl (C=O) groups is 2. The fraction of sp³-hybridized carbons (Fsp3) is 0.294. The molecule has 0 saturated carbocycles. The van der Waals surface area contributed by atoms with Gasteiger partial charge in [0.2, 0.25) is 5.13 Å². The minimum Gasteiger partial charge on any atom is -0.507 e. The van der Waals surface area contributed by atoms with Crippen molar-refractivity contribution in [3.05, 3.63) is 94.8 Å². The second-order valence-corrected chi connectivity index (χ2v) is 12.5. The number of ketones is 1. The summed E-state index contributed by atoms with van der Waals surface area (Å²) in [6, 6.07) is 17.0. The summed E-state index contributed by atoms with van der Waals surface area (Å²) < 4.78 is 31.3. The molecule has 9 nitrogen and oxygen atoms in total. The Balaban J connectivity index is 1.55. The molecule has 240 valence electrons. The molecule has 1 aliphatic rings. The van der Waals surface area contributed by atoms with E-state index in [-0.39, 0.29) is 22.3 Å². The molecule has 1 aromatic heterocycles. The first-order chi connectivity index (χ1) is 22.3. The van der Waals surface area contributed by atoms with Gasteiger partial charge in [-0.2, -0.15) is 0 Å². The molecule has 0 spiro atoms. The van der Waals surface area contributed by atoms with Crippen LogP contribution in [0, 0.1) is 5.82 Å². The quantitative estimate of drug-likeness (QED) is 0.0480. The van der Waals surface area contributed by atoms with Gasteiger partial charge in [-0.25, -0.2) is 4.39 Å². The Hall–Kier alpha value is -4.42. The van der Waals surface area contributed by atoms with Gasteiger partial charge in [0.1, 0.15) is 17.3 Å². The van der Waals surface area contributed by atoms with Gasteiger partial charge < -0.3 is 19.3 Å². The number of thioether (sulfide) groups is 1. The minimum atomic E-state index is -1.03. The Bertz CT molecular complexity index is 1710. The van der Waals surface area contributed by atoms with Crippen LogP contribution in [0.25, 0.3) is 5.76 Å². The van der Waals surface area contributed by atoms with Crippen LogP contribution in [0.15, 0.2) is 76.6 Å². The second kappa shape index (κ2) is 15.2. The molecule has 1 unspecified atom stereocenters. The van der Waals surface area contributed by atoms with E-state index in [9.17, 15) is 19.1 Å². The van der Waals surface area contributed by atoms with Crippen molar-refractivity contribution in [3.8, 4) is 17.2 Å². The topological polar surface area (TPSA) is 111 Å². The summed E-state index contributed by atoms with van der Waals surface area (Å²) in [6.45, 7) is 7.25. The maximum Gasteiger partial charge on any atom is 0.301 e. The van der Waals surface area contributed by atoms with Crippen molar-refractivity contribution < 1.29 is 33.3 Å². The summed E-state index contributed by atoms with van der Waals surface area (Å²) in [5.41, 5.74) is 1.68. The van der Waals surface area contributed by atoms with Crippen LogP contribution in [-0.2, 0) is 15.3 Å². The third kappa shape index (κ3) is 7.34. The molecular formula is C34H34FN3O6S2. The zero-order chi connectivity index (χ0) is 32.6. The third-order valence-electron chi connectivity index (χ3n) is 6.97. The Kier molecular flexibility index (Phi) is 10.9. The summed E-state index contributed by atoms with van der Waals surface area (Å²) in [7, 11) is 0. The van der Waals surface area contributed by atoms with Crippen LogP contribution in [0.3, 0.4) is 0 Å². The van der Waals surface area contributed by atoms with Gasteiger partial charge in [0.25, 0.3) is 5.78 Å². The molecule has 2 heterocycles. The standard InChI is InChI=1S/C34H34FN3O6S2/c1-4-17-43-25-14-9-22(10-15-25)30(39)28-29(23-11-16-26(44-18-5-2)27(19-23)42-6-3)38(32(41)31(28)40)33-36-37-34(46-33)45-20-21-7-12-24(35)13-8-21/h7-16,19,29,39H,4-6,17-18,20H2,1-3H3. The molecular weight excluding hydrogens is 630 g/mol. The van der Waals surface area contributed by atoms with Crippen molar-refractivity contribution in [1.82, 2.24) is 10.2 Å². The molecule has 4 aromatic rings. The first-order valence-corrected chi connectivity index (χ1v) is 16.8. The van der Waals surface area contributed by atoms with E-state index in [4.69, 9.17) is 14.2 Å². The monoisotopic (exact) mass is 663 g/mol. The number of Topliss-reactive ketones (excluding diaryl/α,β-unsaturated/α-hetero) is 1. The number of anilines is 1. The van der Waals surface area contributed by atoms with Crippen molar-refractivity contribution in [3.63, 3.8) is 0 Å². The summed E-state index contributed by atoms with van der Waals surface area (Å²) in [4.78, 5) is 28.7. The zero-order valence-electron chi connectivity index (χ0n) is 25.7. The van der Waals surface area contributed by atoms with Crippen molar-refractivity contribution >= 4 is 45.7 Å². The molecule has 0 aliphatic carbocycles. The second-order valence-electron chi connectivity index (χ2n) is 10.3. The third-order valence-corrected chi connectivity index (χ3v) is 9.09. The van der Waals surface area contributed by atoms with E-state index >= 15 is 0 Å². The number of hydrogen-bond donors (Lipinski definition) is 1. The van der Waals surface area contributed by atoms with Crippen LogP contribution < -0.4 is 19.1 Å². The molecule has 5 rings (SSSR count). The molecule has 1 N–H and O–H groups in total. The fourth-order valence-corrected chi connectivity index (χ4v) is 6.63. The van der Waals surface area contributed by atoms with E-state index < -0.39 is 17.7 Å². The SMILES string of the molecule is CCCOc1ccc(C(O)=C2C(=O)C(=O)N(c3nnc(SCc4ccc(F)cc4)s3)C2c2ccc(OCCC)c(OCC)c2)cc1. The largest absolute Gasteiger partial charge is 0.507 e.